The van der Waals surface area contributed by atoms with Crippen LogP contribution in [0.2, 0.25) is 0 Å². The fourth-order valence-electron chi connectivity index (χ4n) is 1.70. The molecule has 0 aromatic carbocycles. The van der Waals surface area contributed by atoms with Crippen LogP contribution in [0.3, 0.4) is 0 Å². The van der Waals surface area contributed by atoms with Gasteiger partial charge >= 0.3 is 0 Å². The number of aryl methyl sites for hydroxylation is 1. The summed E-state index contributed by atoms with van der Waals surface area (Å²) < 4.78 is 2.11. The van der Waals surface area contributed by atoms with Crippen LogP contribution in [0.4, 0.5) is 0 Å². The summed E-state index contributed by atoms with van der Waals surface area (Å²) in [6, 6.07) is 0. The van der Waals surface area contributed by atoms with E-state index in [0.717, 1.165) is 18.8 Å². The van der Waals surface area contributed by atoms with E-state index >= 15 is 0 Å². The summed E-state index contributed by atoms with van der Waals surface area (Å²) in [7, 11) is 0. The number of nitrogens with one attached hydrogen (secondary N) is 2. The Labute approximate surface area is 109 Å². The van der Waals surface area contributed by atoms with Gasteiger partial charge in [0.1, 0.15) is 5.82 Å². The molecule has 0 aliphatic rings. The third-order valence-corrected chi connectivity index (χ3v) is 2.35. The first-order valence-corrected chi connectivity index (χ1v) is 6.44. The van der Waals surface area contributed by atoms with Crippen molar-refractivity contribution in [3.05, 3.63) is 18.2 Å². The van der Waals surface area contributed by atoms with Crippen LogP contribution in [-0.4, -0.2) is 27.5 Å². The SMILES string of the molecule is CCCn1ccnc1CNCC(=O)NC(C)(C)C. The van der Waals surface area contributed by atoms with Gasteiger partial charge in [-0.3, -0.25) is 4.79 Å². The zero-order valence-corrected chi connectivity index (χ0v) is 11.8. The Morgan fingerprint density at radius 2 is 2.17 bits per heavy atom. The molecule has 0 saturated carbocycles. The summed E-state index contributed by atoms with van der Waals surface area (Å²) in [6.07, 6.45) is 4.84. The van der Waals surface area contributed by atoms with E-state index in [9.17, 15) is 4.79 Å². The van der Waals surface area contributed by atoms with E-state index in [1.54, 1.807) is 6.20 Å². The van der Waals surface area contributed by atoms with E-state index in [1.165, 1.54) is 0 Å². The van der Waals surface area contributed by atoms with Crippen molar-refractivity contribution in [3.63, 3.8) is 0 Å². The smallest absolute Gasteiger partial charge is 0.234 e. The van der Waals surface area contributed by atoms with Crippen molar-refractivity contribution in [2.75, 3.05) is 6.54 Å². The standard InChI is InChI=1S/C13H24N4O/c1-5-7-17-8-6-15-11(17)9-14-10-12(18)16-13(2,3)4/h6,8,14H,5,7,9-10H2,1-4H3,(H,16,18). The van der Waals surface area contributed by atoms with Crippen LogP contribution in [0.25, 0.3) is 0 Å². The Morgan fingerprint density at radius 3 is 2.78 bits per heavy atom. The zero-order chi connectivity index (χ0) is 13.6. The van der Waals surface area contributed by atoms with Gasteiger partial charge in [0.05, 0.1) is 13.1 Å². The van der Waals surface area contributed by atoms with Gasteiger partial charge in [0.25, 0.3) is 0 Å². The molecule has 1 heterocycles. The normalized spacial score (nSPS) is 11.6. The van der Waals surface area contributed by atoms with Crippen LogP contribution in [0.1, 0.15) is 39.9 Å². The molecular formula is C13H24N4O. The molecule has 1 aromatic heterocycles. The molecule has 2 N–H and O–H groups in total. The van der Waals surface area contributed by atoms with Gasteiger partial charge in [-0.05, 0) is 27.2 Å². The van der Waals surface area contributed by atoms with Gasteiger partial charge in [-0.2, -0.15) is 0 Å². The van der Waals surface area contributed by atoms with Gasteiger partial charge in [0.2, 0.25) is 5.91 Å². The number of amides is 1. The monoisotopic (exact) mass is 252 g/mol. The predicted octanol–water partition coefficient (Wildman–Crippen LogP) is 1.30. The van der Waals surface area contributed by atoms with Crippen LogP contribution in [0.5, 0.6) is 0 Å². The first-order valence-electron chi connectivity index (χ1n) is 6.44. The highest BCUT2D eigenvalue weighted by Crippen LogP contribution is 1.99. The van der Waals surface area contributed by atoms with Crippen molar-refractivity contribution < 1.29 is 4.79 Å². The van der Waals surface area contributed by atoms with Gasteiger partial charge in [-0.1, -0.05) is 6.92 Å². The van der Waals surface area contributed by atoms with E-state index in [-0.39, 0.29) is 11.4 Å². The van der Waals surface area contributed by atoms with Gasteiger partial charge in [0, 0.05) is 24.5 Å². The molecule has 0 atom stereocenters. The third kappa shape index (κ3) is 5.31. The van der Waals surface area contributed by atoms with E-state index < -0.39 is 0 Å². The average Bonchev–Trinajstić information content (AvgIpc) is 2.64. The minimum absolute atomic E-state index is 0.0103. The molecule has 0 spiro atoms. The predicted molar refractivity (Wildman–Crippen MR) is 72.1 cm³/mol. The zero-order valence-electron chi connectivity index (χ0n) is 11.8. The molecule has 5 heteroatoms. The second kappa shape index (κ2) is 6.54. The maximum Gasteiger partial charge on any atom is 0.234 e. The molecular weight excluding hydrogens is 228 g/mol. The fraction of sp³-hybridized carbons (Fsp3) is 0.692. The molecule has 0 saturated heterocycles. The molecule has 0 bridgehead atoms. The minimum Gasteiger partial charge on any atom is -0.350 e. The lowest BCUT2D eigenvalue weighted by atomic mass is 10.1. The highest BCUT2D eigenvalue weighted by Gasteiger charge is 2.13. The number of hydrogen-bond acceptors (Lipinski definition) is 3. The maximum absolute atomic E-state index is 11.6. The van der Waals surface area contributed by atoms with Gasteiger partial charge in [-0.25, -0.2) is 4.98 Å². The number of hydrogen-bond donors (Lipinski definition) is 2. The van der Waals surface area contributed by atoms with E-state index in [4.69, 9.17) is 0 Å². The Kier molecular flexibility index (Phi) is 5.34. The Balaban J connectivity index is 2.33. The lowest BCUT2D eigenvalue weighted by molar-refractivity contribution is -0.121. The maximum atomic E-state index is 11.6. The van der Waals surface area contributed by atoms with Gasteiger partial charge in [0.15, 0.2) is 0 Å². The third-order valence-electron chi connectivity index (χ3n) is 2.35. The van der Waals surface area contributed by atoms with E-state index in [1.807, 2.05) is 27.0 Å². The van der Waals surface area contributed by atoms with Gasteiger partial charge < -0.3 is 15.2 Å². The number of carbonyl (C=O) groups excluding carboxylic acids is 1. The Bertz CT molecular complexity index is 379. The van der Waals surface area contributed by atoms with E-state index in [0.29, 0.717) is 13.1 Å². The molecule has 0 aliphatic carbocycles. The number of nitrogens with zero attached hydrogens (tertiary/aromatic N) is 2. The van der Waals surface area contributed by atoms with Crippen LogP contribution in [-0.2, 0) is 17.9 Å². The Morgan fingerprint density at radius 1 is 1.44 bits per heavy atom. The van der Waals surface area contributed by atoms with Crippen LogP contribution in [0, 0.1) is 0 Å². The lowest BCUT2D eigenvalue weighted by Crippen LogP contribution is -2.44. The number of aromatic nitrogens is 2. The molecule has 1 amide bonds. The van der Waals surface area contributed by atoms with Crippen molar-refractivity contribution in [3.8, 4) is 0 Å². The molecule has 1 aromatic rings. The lowest BCUT2D eigenvalue weighted by Gasteiger charge is -2.20. The minimum atomic E-state index is -0.181. The number of imidazole rings is 1. The van der Waals surface area contributed by atoms with E-state index in [2.05, 4.69) is 27.1 Å². The molecule has 1 rings (SSSR count). The second-order valence-corrected chi connectivity index (χ2v) is 5.44. The Hall–Kier alpha value is -1.36. The largest absolute Gasteiger partial charge is 0.350 e. The molecule has 0 unspecified atom stereocenters. The van der Waals surface area contributed by atoms with Crippen molar-refractivity contribution in [1.82, 2.24) is 20.2 Å². The summed E-state index contributed by atoms with van der Waals surface area (Å²) >= 11 is 0. The van der Waals surface area contributed by atoms with Gasteiger partial charge in [-0.15, -0.1) is 0 Å². The molecule has 0 fully saturated rings. The summed E-state index contributed by atoms with van der Waals surface area (Å²) in [4.78, 5) is 15.9. The van der Waals surface area contributed by atoms with Crippen LogP contribution < -0.4 is 10.6 Å². The summed E-state index contributed by atoms with van der Waals surface area (Å²) in [5, 5.41) is 6.02. The quantitative estimate of drug-likeness (QED) is 0.802. The number of carbonyl (C=O) groups is 1. The van der Waals surface area contributed by atoms with Crippen molar-refractivity contribution in [2.45, 2.75) is 52.7 Å². The topological polar surface area (TPSA) is 59.0 Å². The van der Waals surface area contributed by atoms with Crippen molar-refractivity contribution in [2.24, 2.45) is 0 Å². The average molecular weight is 252 g/mol. The summed E-state index contributed by atoms with van der Waals surface area (Å²) in [5.41, 5.74) is -0.181. The molecule has 0 aliphatic heterocycles. The molecule has 18 heavy (non-hydrogen) atoms. The first-order chi connectivity index (χ1) is 8.42. The summed E-state index contributed by atoms with van der Waals surface area (Å²) in [5.74, 6) is 0.983. The van der Waals surface area contributed by atoms with Crippen LogP contribution >= 0.6 is 0 Å². The fourth-order valence-corrected chi connectivity index (χ4v) is 1.70. The van der Waals surface area contributed by atoms with Crippen molar-refractivity contribution in [1.29, 1.82) is 0 Å². The number of rotatable bonds is 6. The summed E-state index contributed by atoms with van der Waals surface area (Å²) in [6.45, 7) is 9.94. The molecule has 102 valence electrons. The second-order valence-electron chi connectivity index (χ2n) is 5.44. The molecule has 5 nitrogen and oxygen atoms in total. The van der Waals surface area contributed by atoms with Crippen molar-refractivity contribution >= 4 is 5.91 Å². The highest BCUT2D eigenvalue weighted by atomic mass is 16.2. The highest BCUT2D eigenvalue weighted by molar-refractivity contribution is 5.78. The first kappa shape index (κ1) is 14.7. The van der Waals surface area contributed by atoms with Crippen LogP contribution in [0.15, 0.2) is 12.4 Å². The molecule has 0 radical (unpaired) electrons.